The lowest BCUT2D eigenvalue weighted by Gasteiger charge is -2.02. The molecule has 2 nitrogen and oxygen atoms in total. The van der Waals surface area contributed by atoms with Gasteiger partial charge in [0.05, 0.1) is 11.7 Å². The zero-order chi connectivity index (χ0) is 7.78. The molecule has 1 rings (SSSR count). The van der Waals surface area contributed by atoms with E-state index in [1.807, 2.05) is 13.8 Å². The predicted octanol–water partition coefficient (Wildman–Crippen LogP) is 0.548. The molecule has 1 saturated heterocycles. The van der Waals surface area contributed by atoms with Crippen molar-refractivity contribution < 1.29 is 9.84 Å². The summed E-state index contributed by atoms with van der Waals surface area (Å²) in [7, 11) is 0. The van der Waals surface area contributed by atoms with Gasteiger partial charge in [0, 0.05) is 6.42 Å². The first-order valence-electron chi connectivity index (χ1n) is 3.37. The minimum atomic E-state index is -0.486. The molecule has 0 amide bonds. The number of terminal acetylenes is 1. The maximum atomic E-state index is 9.26. The van der Waals surface area contributed by atoms with E-state index >= 15 is 0 Å². The van der Waals surface area contributed by atoms with Crippen LogP contribution in [0.5, 0.6) is 0 Å². The average molecular weight is 140 g/mol. The van der Waals surface area contributed by atoms with Gasteiger partial charge in [-0.05, 0) is 13.8 Å². The lowest BCUT2D eigenvalue weighted by Crippen LogP contribution is -2.19. The van der Waals surface area contributed by atoms with Gasteiger partial charge in [0.15, 0.2) is 0 Å². The number of hydrogen-bond acceptors (Lipinski definition) is 2. The monoisotopic (exact) mass is 140 g/mol. The molecule has 2 unspecified atom stereocenters. The Morgan fingerprint density at radius 1 is 1.80 bits per heavy atom. The molecule has 0 radical (unpaired) electrons. The van der Waals surface area contributed by atoms with Crippen molar-refractivity contribution in [3.8, 4) is 12.3 Å². The second-order valence-electron chi connectivity index (χ2n) is 3.12. The molecule has 2 heteroatoms. The van der Waals surface area contributed by atoms with E-state index in [1.165, 1.54) is 0 Å². The first kappa shape index (κ1) is 7.59. The van der Waals surface area contributed by atoms with Crippen molar-refractivity contribution in [1.82, 2.24) is 0 Å². The molecule has 1 N–H and O–H groups in total. The second-order valence-corrected chi connectivity index (χ2v) is 3.12. The maximum absolute atomic E-state index is 9.26. The summed E-state index contributed by atoms with van der Waals surface area (Å²) in [6.07, 6.45) is 4.86. The van der Waals surface area contributed by atoms with Crippen LogP contribution in [0.15, 0.2) is 0 Å². The summed E-state index contributed by atoms with van der Waals surface area (Å²) >= 11 is 0. The van der Waals surface area contributed by atoms with E-state index in [9.17, 15) is 5.11 Å². The zero-order valence-electron chi connectivity index (χ0n) is 6.29. The van der Waals surface area contributed by atoms with Gasteiger partial charge in [0.25, 0.3) is 0 Å². The standard InChI is InChI=1S/C8H12O2/c1-4-5-6(9)7-8(2,3)10-7/h1,6-7,9H,5H2,2-3H3. The number of ether oxygens (including phenoxy) is 1. The van der Waals surface area contributed by atoms with Crippen molar-refractivity contribution in [2.24, 2.45) is 0 Å². The van der Waals surface area contributed by atoms with Crippen LogP contribution in [-0.4, -0.2) is 22.9 Å². The van der Waals surface area contributed by atoms with Crippen molar-refractivity contribution in [1.29, 1.82) is 0 Å². The van der Waals surface area contributed by atoms with Crippen LogP contribution in [-0.2, 0) is 4.74 Å². The topological polar surface area (TPSA) is 32.8 Å². The molecule has 0 saturated carbocycles. The molecular weight excluding hydrogens is 128 g/mol. The quantitative estimate of drug-likeness (QED) is 0.448. The van der Waals surface area contributed by atoms with Crippen LogP contribution in [0, 0.1) is 12.3 Å². The zero-order valence-corrected chi connectivity index (χ0v) is 6.29. The molecule has 0 spiro atoms. The van der Waals surface area contributed by atoms with E-state index < -0.39 is 6.10 Å². The highest BCUT2D eigenvalue weighted by Crippen LogP contribution is 2.38. The van der Waals surface area contributed by atoms with Crippen LogP contribution in [0.25, 0.3) is 0 Å². The van der Waals surface area contributed by atoms with Crippen molar-refractivity contribution in [3.05, 3.63) is 0 Å². The summed E-state index contributed by atoms with van der Waals surface area (Å²) in [4.78, 5) is 0. The SMILES string of the molecule is C#CCC(O)C1OC1(C)C. The largest absolute Gasteiger partial charge is 0.389 e. The molecular formula is C8H12O2. The molecule has 1 aliphatic rings. The Labute approximate surface area is 61.2 Å². The van der Waals surface area contributed by atoms with Gasteiger partial charge in [0.1, 0.15) is 6.10 Å². The van der Waals surface area contributed by atoms with Gasteiger partial charge in [0.2, 0.25) is 0 Å². The van der Waals surface area contributed by atoms with Crippen LogP contribution in [0.1, 0.15) is 20.3 Å². The van der Waals surface area contributed by atoms with Gasteiger partial charge in [-0.1, -0.05) is 0 Å². The average Bonchev–Trinajstić information content (AvgIpc) is 2.41. The number of aliphatic hydroxyl groups excluding tert-OH is 1. The fourth-order valence-corrected chi connectivity index (χ4v) is 1.06. The minimum absolute atomic E-state index is 0.0523. The molecule has 56 valence electrons. The normalized spacial score (nSPS) is 30.8. The molecule has 0 aromatic rings. The lowest BCUT2D eigenvalue weighted by atomic mass is 10.0. The number of epoxide rings is 1. The Morgan fingerprint density at radius 3 is 2.60 bits per heavy atom. The van der Waals surface area contributed by atoms with E-state index in [2.05, 4.69) is 5.92 Å². The van der Waals surface area contributed by atoms with Gasteiger partial charge in [-0.2, -0.15) is 0 Å². The van der Waals surface area contributed by atoms with Crippen molar-refractivity contribution in [2.45, 2.75) is 38.1 Å². The van der Waals surface area contributed by atoms with E-state index in [-0.39, 0.29) is 11.7 Å². The minimum Gasteiger partial charge on any atom is -0.389 e. The predicted molar refractivity (Wildman–Crippen MR) is 38.4 cm³/mol. The fourth-order valence-electron chi connectivity index (χ4n) is 1.06. The summed E-state index contributed by atoms with van der Waals surface area (Å²) in [5.74, 6) is 2.40. The molecule has 1 heterocycles. The van der Waals surface area contributed by atoms with Crippen LogP contribution < -0.4 is 0 Å². The van der Waals surface area contributed by atoms with Gasteiger partial charge < -0.3 is 9.84 Å². The van der Waals surface area contributed by atoms with Crippen LogP contribution in [0.2, 0.25) is 0 Å². The Hall–Kier alpha value is -0.520. The van der Waals surface area contributed by atoms with Crippen LogP contribution in [0.4, 0.5) is 0 Å². The van der Waals surface area contributed by atoms with Gasteiger partial charge in [-0.3, -0.25) is 0 Å². The number of hydrogen-bond donors (Lipinski definition) is 1. The molecule has 1 fully saturated rings. The Morgan fingerprint density at radius 2 is 2.30 bits per heavy atom. The highest BCUT2D eigenvalue weighted by molar-refractivity contribution is 5.03. The van der Waals surface area contributed by atoms with E-state index in [0.717, 1.165) is 0 Å². The van der Waals surface area contributed by atoms with Gasteiger partial charge in [-0.25, -0.2) is 0 Å². The Balaban J connectivity index is 2.34. The summed E-state index contributed by atoms with van der Waals surface area (Å²) in [5, 5.41) is 9.26. The van der Waals surface area contributed by atoms with E-state index in [1.54, 1.807) is 0 Å². The highest BCUT2D eigenvalue weighted by atomic mass is 16.6. The van der Waals surface area contributed by atoms with E-state index in [4.69, 9.17) is 11.2 Å². The summed E-state index contributed by atoms with van der Waals surface area (Å²) in [6.45, 7) is 3.88. The molecule has 0 bridgehead atoms. The highest BCUT2D eigenvalue weighted by Gasteiger charge is 2.51. The third-order valence-corrected chi connectivity index (χ3v) is 1.74. The van der Waals surface area contributed by atoms with E-state index in [0.29, 0.717) is 6.42 Å². The smallest absolute Gasteiger partial charge is 0.113 e. The molecule has 0 aromatic heterocycles. The van der Waals surface area contributed by atoms with Crippen molar-refractivity contribution in [2.75, 3.05) is 0 Å². The van der Waals surface area contributed by atoms with Gasteiger partial charge in [-0.15, -0.1) is 12.3 Å². The molecule has 0 aromatic carbocycles. The van der Waals surface area contributed by atoms with Crippen LogP contribution in [0.3, 0.4) is 0 Å². The number of rotatable bonds is 2. The van der Waals surface area contributed by atoms with Crippen molar-refractivity contribution in [3.63, 3.8) is 0 Å². The van der Waals surface area contributed by atoms with Gasteiger partial charge >= 0.3 is 0 Å². The molecule has 0 aliphatic carbocycles. The third kappa shape index (κ3) is 1.31. The first-order chi connectivity index (χ1) is 4.58. The fraction of sp³-hybridized carbons (Fsp3) is 0.750. The third-order valence-electron chi connectivity index (χ3n) is 1.74. The number of aliphatic hydroxyl groups is 1. The Kier molecular flexibility index (Phi) is 1.72. The molecule has 1 aliphatic heterocycles. The van der Waals surface area contributed by atoms with Crippen LogP contribution >= 0.6 is 0 Å². The summed E-state index contributed by atoms with van der Waals surface area (Å²) in [6, 6.07) is 0. The Bertz CT molecular complexity index is 167. The molecule has 2 atom stereocenters. The van der Waals surface area contributed by atoms with Crippen molar-refractivity contribution >= 4 is 0 Å². The summed E-state index contributed by atoms with van der Waals surface area (Å²) in [5.41, 5.74) is -0.156. The first-order valence-corrected chi connectivity index (χ1v) is 3.37. The maximum Gasteiger partial charge on any atom is 0.113 e. The lowest BCUT2D eigenvalue weighted by molar-refractivity contribution is 0.140. The molecule has 10 heavy (non-hydrogen) atoms. The summed E-state index contributed by atoms with van der Waals surface area (Å²) < 4.78 is 5.17. The second kappa shape index (κ2) is 2.26.